The van der Waals surface area contributed by atoms with E-state index in [0.29, 0.717) is 24.5 Å². The van der Waals surface area contributed by atoms with Gasteiger partial charge in [0.2, 0.25) is 16.4 Å². The van der Waals surface area contributed by atoms with Gasteiger partial charge in [-0.25, -0.2) is 13.1 Å². The van der Waals surface area contributed by atoms with Gasteiger partial charge in [0.25, 0.3) is 0 Å². The zero-order chi connectivity index (χ0) is 15.3. The van der Waals surface area contributed by atoms with Gasteiger partial charge in [0.1, 0.15) is 10.6 Å². The fraction of sp³-hybridized carbons (Fsp3) is 0.333. The van der Waals surface area contributed by atoms with Gasteiger partial charge in [-0.15, -0.1) is 0 Å². The van der Waals surface area contributed by atoms with Gasteiger partial charge in [0, 0.05) is 18.7 Å². The first-order chi connectivity index (χ1) is 10.0. The number of nitrogens with one attached hydrogen (secondary N) is 1. The van der Waals surface area contributed by atoms with Crippen LogP contribution in [0.2, 0.25) is 0 Å². The number of ether oxygens (including phenoxy) is 1. The highest BCUT2D eigenvalue weighted by molar-refractivity contribution is 7.89. The Hall–Kier alpha value is -2.13. The van der Waals surface area contributed by atoms with E-state index in [0.717, 1.165) is 0 Å². The summed E-state index contributed by atoms with van der Waals surface area (Å²) in [6, 6.07) is 4.48. The lowest BCUT2D eigenvalue weighted by molar-refractivity contribution is 0.331. The second-order valence-corrected chi connectivity index (χ2v) is 5.87. The van der Waals surface area contributed by atoms with Crippen LogP contribution in [0, 0.1) is 0 Å². The Morgan fingerprint density at radius 1 is 1.43 bits per heavy atom. The number of nitrogens with zero attached hydrogens (tertiary/aromatic N) is 2. The Morgan fingerprint density at radius 3 is 2.90 bits per heavy atom. The van der Waals surface area contributed by atoms with Crippen LogP contribution < -0.4 is 15.2 Å². The molecule has 0 aliphatic rings. The summed E-state index contributed by atoms with van der Waals surface area (Å²) in [5.41, 5.74) is 5.99. The number of rotatable bonds is 7. The Kier molecular flexibility index (Phi) is 4.76. The summed E-state index contributed by atoms with van der Waals surface area (Å²) in [6.45, 7) is 2.27. The van der Waals surface area contributed by atoms with Crippen LogP contribution in [0.4, 0.5) is 5.69 Å². The van der Waals surface area contributed by atoms with Crippen molar-refractivity contribution in [2.75, 3.05) is 18.9 Å². The maximum Gasteiger partial charge on any atom is 0.244 e. The first-order valence-electron chi connectivity index (χ1n) is 6.30. The van der Waals surface area contributed by atoms with E-state index in [2.05, 4.69) is 19.4 Å². The standard InChI is InChI=1S/C12H16N4O4S/c1-2-19-10-4-3-9(13)7-11(10)21(17,18)15-6-5-12-14-8-20-16-12/h3-4,7-8,15H,2,5-6,13H2,1H3. The summed E-state index contributed by atoms with van der Waals surface area (Å²) < 4.78 is 36.9. The molecule has 0 unspecified atom stereocenters. The third kappa shape index (κ3) is 3.92. The van der Waals surface area contributed by atoms with Crippen LogP contribution in [-0.2, 0) is 16.4 Å². The minimum absolute atomic E-state index is 0.0115. The monoisotopic (exact) mass is 312 g/mol. The predicted molar refractivity (Wildman–Crippen MR) is 75.2 cm³/mol. The van der Waals surface area contributed by atoms with Gasteiger partial charge in [-0.1, -0.05) is 5.16 Å². The second-order valence-electron chi connectivity index (χ2n) is 4.13. The number of nitrogens with two attached hydrogens (primary N) is 1. The summed E-state index contributed by atoms with van der Waals surface area (Å²) in [4.78, 5) is 3.82. The van der Waals surface area contributed by atoms with Gasteiger partial charge in [0.15, 0.2) is 5.82 Å². The van der Waals surface area contributed by atoms with Crippen molar-refractivity contribution in [3.63, 3.8) is 0 Å². The number of hydrogen-bond acceptors (Lipinski definition) is 7. The van der Waals surface area contributed by atoms with Crippen molar-refractivity contribution in [3.8, 4) is 5.75 Å². The molecular weight excluding hydrogens is 296 g/mol. The number of hydrogen-bond donors (Lipinski definition) is 2. The molecule has 0 aliphatic heterocycles. The lowest BCUT2D eigenvalue weighted by Gasteiger charge is -2.12. The molecule has 0 aliphatic carbocycles. The van der Waals surface area contributed by atoms with Gasteiger partial charge in [-0.2, -0.15) is 4.98 Å². The largest absolute Gasteiger partial charge is 0.492 e. The molecule has 2 rings (SSSR count). The molecule has 21 heavy (non-hydrogen) atoms. The van der Waals surface area contributed by atoms with Crippen molar-refractivity contribution in [2.45, 2.75) is 18.2 Å². The number of sulfonamides is 1. The van der Waals surface area contributed by atoms with Crippen LogP contribution in [0.15, 0.2) is 34.0 Å². The average molecular weight is 312 g/mol. The molecule has 114 valence electrons. The highest BCUT2D eigenvalue weighted by atomic mass is 32.2. The van der Waals surface area contributed by atoms with E-state index in [1.165, 1.54) is 18.5 Å². The zero-order valence-electron chi connectivity index (χ0n) is 11.4. The maximum absolute atomic E-state index is 12.3. The minimum Gasteiger partial charge on any atom is -0.492 e. The van der Waals surface area contributed by atoms with Crippen molar-refractivity contribution >= 4 is 15.7 Å². The van der Waals surface area contributed by atoms with E-state index in [1.807, 2.05) is 0 Å². The molecule has 1 aromatic carbocycles. The van der Waals surface area contributed by atoms with Crippen molar-refractivity contribution in [1.82, 2.24) is 14.9 Å². The molecule has 3 N–H and O–H groups in total. The number of anilines is 1. The molecule has 0 bridgehead atoms. The third-order valence-electron chi connectivity index (χ3n) is 2.60. The normalized spacial score (nSPS) is 11.5. The molecule has 0 spiro atoms. The van der Waals surface area contributed by atoms with Crippen molar-refractivity contribution < 1.29 is 17.7 Å². The molecule has 8 nitrogen and oxygen atoms in total. The van der Waals surface area contributed by atoms with Gasteiger partial charge >= 0.3 is 0 Å². The second kappa shape index (κ2) is 6.55. The molecular formula is C12H16N4O4S. The summed E-state index contributed by atoms with van der Waals surface area (Å²) in [6.07, 6.45) is 1.51. The van der Waals surface area contributed by atoms with Crippen LogP contribution in [0.3, 0.4) is 0 Å². The zero-order valence-corrected chi connectivity index (χ0v) is 12.3. The van der Waals surface area contributed by atoms with Gasteiger partial charge in [0.05, 0.1) is 6.61 Å². The van der Waals surface area contributed by atoms with Crippen LogP contribution in [0.1, 0.15) is 12.7 Å². The first-order valence-corrected chi connectivity index (χ1v) is 7.78. The van der Waals surface area contributed by atoms with Gasteiger partial charge < -0.3 is 15.0 Å². The Bertz CT molecular complexity index is 685. The molecule has 0 saturated heterocycles. The van der Waals surface area contributed by atoms with Gasteiger partial charge in [-0.05, 0) is 25.1 Å². The predicted octanol–water partition coefficient (Wildman–Crippen LogP) is 0.571. The fourth-order valence-electron chi connectivity index (χ4n) is 1.69. The third-order valence-corrected chi connectivity index (χ3v) is 4.09. The highest BCUT2D eigenvalue weighted by Crippen LogP contribution is 2.26. The van der Waals surface area contributed by atoms with Crippen molar-refractivity contribution in [2.24, 2.45) is 0 Å². The first kappa shape index (κ1) is 15.3. The Balaban J connectivity index is 2.12. The van der Waals surface area contributed by atoms with E-state index in [9.17, 15) is 8.42 Å². The van der Waals surface area contributed by atoms with E-state index in [1.54, 1.807) is 13.0 Å². The number of benzene rings is 1. The molecule has 0 saturated carbocycles. The lowest BCUT2D eigenvalue weighted by atomic mass is 10.3. The topological polar surface area (TPSA) is 120 Å². The molecule has 0 atom stereocenters. The van der Waals surface area contributed by atoms with Crippen LogP contribution in [0.5, 0.6) is 5.75 Å². The van der Waals surface area contributed by atoms with Crippen molar-refractivity contribution in [1.29, 1.82) is 0 Å². The van der Waals surface area contributed by atoms with Gasteiger partial charge in [-0.3, -0.25) is 0 Å². The number of nitrogen functional groups attached to an aromatic ring is 1. The minimum atomic E-state index is -3.73. The summed E-state index contributed by atoms with van der Waals surface area (Å²) in [7, 11) is -3.73. The van der Waals surface area contributed by atoms with E-state index in [4.69, 9.17) is 10.5 Å². The molecule has 2 aromatic rings. The van der Waals surface area contributed by atoms with E-state index in [-0.39, 0.29) is 17.2 Å². The summed E-state index contributed by atoms with van der Waals surface area (Å²) >= 11 is 0. The average Bonchev–Trinajstić information content (AvgIpc) is 2.94. The number of aromatic nitrogens is 2. The van der Waals surface area contributed by atoms with E-state index < -0.39 is 10.0 Å². The fourth-order valence-corrected chi connectivity index (χ4v) is 2.90. The summed E-state index contributed by atoms with van der Waals surface area (Å²) in [5.74, 6) is 0.689. The van der Waals surface area contributed by atoms with Crippen molar-refractivity contribution in [3.05, 3.63) is 30.4 Å². The van der Waals surface area contributed by atoms with E-state index >= 15 is 0 Å². The lowest BCUT2D eigenvalue weighted by Crippen LogP contribution is -2.26. The highest BCUT2D eigenvalue weighted by Gasteiger charge is 2.20. The quantitative estimate of drug-likeness (QED) is 0.717. The molecule has 1 aromatic heterocycles. The summed E-state index contributed by atoms with van der Waals surface area (Å²) in [5, 5.41) is 3.60. The maximum atomic E-state index is 12.3. The Morgan fingerprint density at radius 2 is 2.24 bits per heavy atom. The van der Waals surface area contributed by atoms with Crippen LogP contribution in [-0.4, -0.2) is 31.7 Å². The SMILES string of the molecule is CCOc1ccc(N)cc1S(=O)(=O)NCCc1ncon1. The molecule has 0 fully saturated rings. The molecule has 9 heteroatoms. The van der Waals surface area contributed by atoms with Crippen LogP contribution in [0.25, 0.3) is 0 Å². The van der Waals surface area contributed by atoms with Crippen LogP contribution >= 0.6 is 0 Å². The smallest absolute Gasteiger partial charge is 0.244 e. The Labute approximate surface area is 122 Å². The molecule has 1 heterocycles. The molecule has 0 amide bonds. The molecule has 0 radical (unpaired) electrons.